The van der Waals surface area contributed by atoms with Crippen molar-refractivity contribution in [2.24, 2.45) is 0 Å². The molecule has 9 nitrogen and oxygen atoms in total. The first-order valence-electron chi connectivity index (χ1n) is 25.0. The highest BCUT2D eigenvalue weighted by molar-refractivity contribution is 6.14. The Hall–Kier alpha value is -11.4. The summed E-state index contributed by atoms with van der Waals surface area (Å²) in [7, 11) is 0. The van der Waals surface area contributed by atoms with E-state index in [0.717, 1.165) is 66.4 Å². The number of nitriles is 4. The fraction of sp³-hybridized carbons (Fsp3) is 0. The lowest BCUT2D eigenvalue weighted by Crippen LogP contribution is -2.00. The van der Waals surface area contributed by atoms with Crippen molar-refractivity contribution in [1.82, 2.24) is 23.7 Å². The molecule has 0 aliphatic rings. The summed E-state index contributed by atoms with van der Waals surface area (Å²) in [4.78, 5) is 9.87. The molecule has 10 aromatic carbocycles. The van der Waals surface area contributed by atoms with E-state index in [1.165, 1.54) is 21.5 Å². The minimum absolute atomic E-state index is 0.354. The summed E-state index contributed by atoms with van der Waals surface area (Å²) in [6, 6.07) is 84.3. The summed E-state index contributed by atoms with van der Waals surface area (Å²) in [5, 5.41) is 48.2. The molecule has 4 heterocycles. The molecule has 0 bridgehead atoms. The van der Waals surface area contributed by atoms with Crippen molar-refractivity contribution in [3.63, 3.8) is 0 Å². The highest BCUT2D eigenvalue weighted by Gasteiger charge is 2.22. The van der Waals surface area contributed by atoms with Crippen LogP contribution in [0.2, 0.25) is 0 Å². The van der Waals surface area contributed by atoms with Crippen LogP contribution in [0, 0.1) is 45.3 Å². The molecular weight excluding hydrogens is 943 g/mol. The summed E-state index contributed by atoms with van der Waals surface area (Å²) < 4.78 is 6.84. The Balaban J connectivity index is 0.930. The quantitative estimate of drug-likeness (QED) is 0.156. The zero-order valence-corrected chi connectivity index (χ0v) is 40.9. The lowest BCUT2D eigenvalue weighted by atomic mass is 9.93. The van der Waals surface area contributed by atoms with Gasteiger partial charge in [0.1, 0.15) is 0 Å². The molecule has 4 aromatic heterocycles. The number of hydrogen-bond donors (Lipinski definition) is 0. The molecular formula is C68H37N9. The first kappa shape index (κ1) is 44.3. The van der Waals surface area contributed by atoms with Crippen molar-refractivity contribution in [3.8, 4) is 86.4 Å². The van der Waals surface area contributed by atoms with E-state index in [4.69, 9.17) is 9.97 Å². The lowest BCUT2D eigenvalue weighted by Gasteiger charge is -2.14. The lowest BCUT2D eigenvalue weighted by molar-refractivity contribution is 1.16. The van der Waals surface area contributed by atoms with Crippen molar-refractivity contribution >= 4 is 65.4 Å². The molecule has 0 radical (unpaired) electrons. The number of para-hydroxylation sites is 4. The SMILES string of the molecule is N#Cc1cccc(-c2cc(-c3ccc(-c4c(C#N)cc(-n5c6ccc(-n7c8ccccc8c8ccccc87)cc6c6cc(-n7c8ccccc8c8ccccc87)ccc65)cc4C#N)cc3)nc(-c3cccc(C#N)c3)n2)c1. The predicted octanol–water partition coefficient (Wildman–Crippen LogP) is 15.9. The van der Waals surface area contributed by atoms with Crippen molar-refractivity contribution in [1.29, 1.82) is 21.0 Å². The van der Waals surface area contributed by atoms with Crippen LogP contribution >= 0.6 is 0 Å². The molecule has 77 heavy (non-hydrogen) atoms. The molecule has 14 rings (SSSR count). The number of aromatic nitrogens is 5. The molecule has 0 fully saturated rings. The third kappa shape index (κ3) is 7.13. The Morgan fingerprint density at radius 1 is 0.286 bits per heavy atom. The summed E-state index contributed by atoms with van der Waals surface area (Å²) in [6.07, 6.45) is 0. The molecule has 0 aliphatic carbocycles. The van der Waals surface area contributed by atoms with Crippen molar-refractivity contribution in [2.75, 3.05) is 0 Å². The van der Waals surface area contributed by atoms with Crippen LogP contribution in [0.5, 0.6) is 0 Å². The first-order valence-corrected chi connectivity index (χ1v) is 25.0. The number of fused-ring (bicyclic) bond motifs is 9. The average molecular weight is 980 g/mol. The van der Waals surface area contributed by atoms with E-state index in [9.17, 15) is 21.0 Å². The predicted molar refractivity (Wildman–Crippen MR) is 306 cm³/mol. The monoisotopic (exact) mass is 979 g/mol. The van der Waals surface area contributed by atoms with Gasteiger partial charge in [-0.1, -0.05) is 121 Å². The molecule has 0 saturated heterocycles. The average Bonchev–Trinajstić information content (AvgIpc) is 4.29. The van der Waals surface area contributed by atoms with Gasteiger partial charge in [0.05, 0.1) is 91.0 Å². The summed E-state index contributed by atoms with van der Waals surface area (Å²) in [5.41, 5.74) is 15.3. The maximum absolute atomic E-state index is 11.0. The summed E-state index contributed by atoms with van der Waals surface area (Å²) in [5.74, 6) is 0.422. The van der Waals surface area contributed by atoms with Gasteiger partial charge in [-0.25, -0.2) is 9.97 Å². The molecule has 0 saturated carbocycles. The second-order valence-electron chi connectivity index (χ2n) is 19.0. The molecule has 9 heteroatoms. The minimum atomic E-state index is 0.354. The zero-order valence-electron chi connectivity index (χ0n) is 40.9. The topological polar surface area (TPSA) is 136 Å². The van der Waals surface area contributed by atoms with Gasteiger partial charge in [0.2, 0.25) is 0 Å². The van der Waals surface area contributed by atoms with Gasteiger partial charge in [-0.05, 0) is 109 Å². The Labute approximate surface area is 441 Å². The maximum Gasteiger partial charge on any atom is 0.160 e. The zero-order chi connectivity index (χ0) is 51.7. The second-order valence-corrected chi connectivity index (χ2v) is 19.0. The van der Waals surface area contributed by atoms with E-state index in [-0.39, 0.29) is 0 Å². The molecule has 0 amide bonds. The van der Waals surface area contributed by atoms with Gasteiger partial charge in [-0.3, -0.25) is 0 Å². The number of benzene rings is 10. The number of hydrogen-bond acceptors (Lipinski definition) is 6. The number of nitrogens with zero attached hydrogens (tertiary/aromatic N) is 9. The first-order chi connectivity index (χ1) is 38.0. The normalized spacial score (nSPS) is 11.3. The molecule has 0 N–H and O–H groups in total. The van der Waals surface area contributed by atoms with Crippen molar-refractivity contribution in [3.05, 3.63) is 247 Å². The Kier molecular flexibility index (Phi) is 10.2. The van der Waals surface area contributed by atoms with E-state index in [1.54, 1.807) is 30.3 Å². The van der Waals surface area contributed by atoms with Crippen LogP contribution < -0.4 is 0 Å². The van der Waals surface area contributed by atoms with Crippen molar-refractivity contribution in [2.45, 2.75) is 0 Å². The van der Waals surface area contributed by atoms with Crippen LogP contribution in [0.15, 0.2) is 224 Å². The van der Waals surface area contributed by atoms with Crippen LogP contribution in [0.4, 0.5) is 0 Å². The Morgan fingerprint density at radius 3 is 1.16 bits per heavy atom. The number of rotatable bonds is 7. The van der Waals surface area contributed by atoms with Gasteiger partial charge in [-0.15, -0.1) is 0 Å². The smallest absolute Gasteiger partial charge is 0.160 e. The van der Waals surface area contributed by atoms with E-state index < -0.39 is 0 Å². The summed E-state index contributed by atoms with van der Waals surface area (Å²) in [6.45, 7) is 0. The van der Waals surface area contributed by atoms with Crippen LogP contribution in [0.1, 0.15) is 22.3 Å². The van der Waals surface area contributed by atoms with Crippen LogP contribution in [-0.2, 0) is 0 Å². The van der Waals surface area contributed by atoms with Gasteiger partial charge < -0.3 is 13.7 Å². The van der Waals surface area contributed by atoms with Crippen molar-refractivity contribution < 1.29 is 0 Å². The Bertz CT molecular complexity index is 4600. The standard InChI is InChI=1S/C68H37N9/c69-38-42-11-9-13-46(31-42)60-37-59(73-68(74-60)47-14-10-12-43(32-47)39-70)44-23-25-45(26-24-44)67-48(40-71)33-52(34-49(67)41-72)77-65-29-27-50(75-61-19-5-1-15-53(61)54-16-2-6-20-62(54)75)35-57(65)58-36-51(28-30-66(58)77)76-63-21-7-3-17-55(63)56-18-4-8-22-64(56)76/h1-37H. The van der Waals surface area contributed by atoms with Gasteiger partial charge in [-0.2, -0.15) is 21.0 Å². The van der Waals surface area contributed by atoms with Gasteiger partial charge in [0.15, 0.2) is 5.82 Å². The molecule has 354 valence electrons. The van der Waals surface area contributed by atoms with Crippen LogP contribution in [-0.4, -0.2) is 23.7 Å². The molecule has 14 aromatic rings. The summed E-state index contributed by atoms with van der Waals surface area (Å²) >= 11 is 0. The van der Waals surface area contributed by atoms with E-state index in [0.29, 0.717) is 61.8 Å². The minimum Gasteiger partial charge on any atom is -0.309 e. The van der Waals surface area contributed by atoms with Gasteiger partial charge in [0, 0.05) is 71.6 Å². The van der Waals surface area contributed by atoms with Crippen LogP contribution in [0.25, 0.3) is 128 Å². The highest BCUT2D eigenvalue weighted by Crippen LogP contribution is 2.41. The van der Waals surface area contributed by atoms with Crippen LogP contribution in [0.3, 0.4) is 0 Å². The third-order valence-electron chi connectivity index (χ3n) is 14.8. The van der Waals surface area contributed by atoms with Gasteiger partial charge in [0.25, 0.3) is 0 Å². The van der Waals surface area contributed by atoms with E-state index >= 15 is 0 Å². The van der Waals surface area contributed by atoms with E-state index in [1.807, 2.05) is 60.7 Å². The fourth-order valence-corrected chi connectivity index (χ4v) is 11.4. The largest absolute Gasteiger partial charge is 0.309 e. The van der Waals surface area contributed by atoms with Gasteiger partial charge >= 0.3 is 0 Å². The van der Waals surface area contributed by atoms with E-state index in [2.05, 4.69) is 171 Å². The second kappa shape index (κ2) is 17.7. The molecule has 0 atom stereocenters. The molecule has 0 unspecified atom stereocenters. The molecule has 0 spiro atoms. The molecule has 0 aliphatic heterocycles. The Morgan fingerprint density at radius 2 is 0.688 bits per heavy atom. The maximum atomic E-state index is 11.0. The highest BCUT2D eigenvalue weighted by atomic mass is 15.0. The third-order valence-corrected chi connectivity index (χ3v) is 14.8. The fourth-order valence-electron chi connectivity index (χ4n) is 11.4.